The van der Waals surface area contributed by atoms with Gasteiger partial charge in [-0.25, -0.2) is 0 Å². The number of halogens is 1. The Morgan fingerprint density at radius 3 is 2.74 bits per heavy atom. The van der Waals surface area contributed by atoms with Crippen molar-refractivity contribution in [2.45, 2.75) is 32.4 Å². The van der Waals surface area contributed by atoms with E-state index in [1.54, 1.807) is 28.6 Å². The first-order valence-corrected chi connectivity index (χ1v) is 13.8. The van der Waals surface area contributed by atoms with Crippen LogP contribution in [0.15, 0.2) is 82.8 Å². The molecule has 8 heteroatoms. The monoisotopic (exact) mass is 548 g/mol. The third kappa shape index (κ3) is 6.11. The molecule has 2 aromatic carbocycles. The maximum Gasteiger partial charge on any atom is 0.242 e. The summed E-state index contributed by atoms with van der Waals surface area (Å²) in [4.78, 5) is 31.8. The highest BCUT2D eigenvalue weighted by Crippen LogP contribution is 2.34. The average Bonchev–Trinajstić information content (AvgIpc) is 3.61. The van der Waals surface area contributed by atoms with E-state index in [9.17, 15) is 9.59 Å². The second-order valence-electron chi connectivity index (χ2n) is 9.37. The predicted molar refractivity (Wildman–Crippen MR) is 148 cm³/mol. The molecule has 0 bridgehead atoms. The van der Waals surface area contributed by atoms with Gasteiger partial charge in [-0.1, -0.05) is 41.9 Å². The Morgan fingerprint density at radius 2 is 1.97 bits per heavy atom. The van der Waals surface area contributed by atoms with Gasteiger partial charge in [-0.3, -0.25) is 9.59 Å². The molecule has 1 aliphatic rings. The van der Waals surface area contributed by atoms with E-state index in [-0.39, 0.29) is 37.4 Å². The molecular weight excluding hydrogens is 520 g/mol. The van der Waals surface area contributed by atoms with Crippen LogP contribution in [0.25, 0.3) is 0 Å². The molecule has 2 aromatic heterocycles. The van der Waals surface area contributed by atoms with Gasteiger partial charge in [0, 0.05) is 16.4 Å². The summed E-state index contributed by atoms with van der Waals surface area (Å²) < 4.78 is 11.7. The van der Waals surface area contributed by atoms with Gasteiger partial charge in [-0.2, -0.15) is 0 Å². The minimum absolute atomic E-state index is 0.0393. The highest BCUT2D eigenvalue weighted by Gasteiger charge is 2.33. The Hall–Kier alpha value is -3.55. The molecular formula is C30H29ClN2O4S. The molecule has 5 rings (SSSR count). The zero-order valence-electron chi connectivity index (χ0n) is 21.1. The smallest absolute Gasteiger partial charge is 0.242 e. The van der Waals surface area contributed by atoms with Crippen molar-refractivity contribution in [2.24, 2.45) is 0 Å². The standard InChI is InChI=1S/C30H29ClN2O4S/c1-21-16-23(9-10-26(21)31)37-20-27-25-12-15-38-28(25)11-13-33(27)30(35)19-32(18-24-8-5-14-36-24)29(34)17-22-6-3-2-4-7-22/h2-10,12,14-16,27H,11,13,17-20H2,1H3/t27-/m0/s1. The van der Waals surface area contributed by atoms with E-state index in [1.807, 2.05) is 66.4 Å². The van der Waals surface area contributed by atoms with Crippen LogP contribution in [0.5, 0.6) is 5.75 Å². The van der Waals surface area contributed by atoms with E-state index in [2.05, 4.69) is 11.4 Å². The highest BCUT2D eigenvalue weighted by molar-refractivity contribution is 7.10. The normalized spacial score (nSPS) is 14.7. The highest BCUT2D eigenvalue weighted by atomic mass is 35.5. The summed E-state index contributed by atoms with van der Waals surface area (Å²) in [5.74, 6) is 1.10. The number of hydrogen-bond acceptors (Lipinski definition) is 5. The molecule has 0 unspecified atom stereocenters. The molecule has 0 saturated heterocycles. The van der Waals surface area contributed by atoms with Crippen LogP contribution in [0.2, 0.25) is 5.02 Å². The average molecular weight is 549 g/mol. The number of thiophene rings is 1. The Balaban J connectivity index is 1.34. The molecule has 1 aliphatic heterocycles. The number of nitrogens with zero attached hydrogens (tertiary/aromatic N) is 2. The van der Waals surface area contributed by atoms with E-state index < -0.39 is 0 Å². The molecule has 0 saturated carbocycles. The second kappa shape index (κ2) is 11.9. The number of hydrogen-bond donors (Lipinski definition) is 0. The van der Waals surface area contributed by atoms with Crippen molar-refractivity contribution in [2.75, 3.05) is 19.7 Å². The van der Waals surface area contributed by atoms with Crippen molar-refractivity contribution in [3.8, 4) is 5.75 Å². The van der Waals surface area contributed by atoms with Gasteiger partial charge < -0.3 is 19.0 Å². The lowest BCUT2D eigenvalue weighted by Gasteiger charge is -2.37. The van der Waals surface area contributed by atoms with Gasteiger partial charge in [-0.05, 0) is 71.8 Å². The third-order valence-electron chi connectivity index (χ3n) is 6.76. The first-order valence-electron chi connectivity index (χ1n) is 12.6. The first-order chi connectivity index (χ1) is 18.5. The Bertz CT molecular complexity index is 1390. The molecule has 196 valence electrons. The minimum atomic E-state index is -0.247. The third-order valence-corrected chi connectivity index (χ3v) is 8.18. The van der Waals surface area contributed by atoms with E-state index in [1.165, 1.54) is 4.88 Å². The summed E-state index contributed by atoms with van der Waals surface area (Å²) in [5.41, 5.74) is 2.94. The maximum atomic E-state index is 13.8. The Kier molecular flexibility index (Phi) is 8.15. The van der Waals surface area contributed by atoms with Crippen molar-refractivity contribution in [1.29, 1.82) is 0 Å². The van der Waals surface area contributed by atoms with Crippen molar-refractivity contribution in [1.82, 2.24) is 9.80 Å². The number of rotatable bonds is 9. The van der Waals surface area contributed by atoms with Crippen LogP contribution < -0.4 is 4.74 Å². The van der Waals surface area contributed by atoms with Crippen molar-refractivity contribution in [3.05, 3.63) is 111 Å². The van der Waals surface area contributed by atoms with Gasteiger partial charge in [0.15, 0.2) is 0 Å². The summed E-state index contributed by atoms with van der Waals surface area (Å²) >= 11 is 7.88. The fourth-order valence-corrected chi connectivity index (χ4v) is 5.76. The molecule has 0 spiro atoms. The van der Waals surface area contributed by atoms with E-state index in [4.69, 9.17) is 20.8 Å². The predicted octanol–water partition coefficient (Wildman–Crippen LogP) is 6.08. The van der Waals surface area contributed by atoms with Crippen molar-refractivity contribution >= 4 is 34.8 Å². The van der Waals surface area contributed by atoms with E-state index in [0.29, 0.717) is 29.7 Å². The summed E-state index contributed by atoms with van der Waals surface area (Å²) in [6, 6.07) is 20.5. The largest absolute Gasteiger partial charge is 0.491 e. The molecule has 2 amide bonds. The summed E-state index contributed by atoms with van der Waals surface area (Å²) in [6.45, 7) is 3.01. The number of carbonyl (C=O) groups excluding carboxylic acids is 2. The number of fused-ring (bicyclic) bond motifs is 1. The molecule has 3 heterocycles. The molecule has 0 radical (unpaired) electrons. The molecule has 6 nitrogen and oxygen atoms in total. The number of aryl methyl sites for hydroxylation is 1. The van der Waals surface area contributed by atoms with Gasteiger partial charge in [0.1, 0.15) is 24.7 Å². The summed E-state index contributed by atoms with van der Waals surface area (Å²) in [5, 5.41) is 2.74. The number of furan rings is 1. The summed E-state index contributed by atoms with van der Waals surface area (Å²) in [7, 11) is 0. The topological polar surface area (TPSA) is 63.0 Å². The lowest BCUT2D eigenvalue weighted by molar-refractivity contribution is -0.143. The van der Waals surface area contributed by atoms with Gasteiger partial charge in [0.05, 0.1) is 25.3 Å². The quantitative estimate of drug-likeness (QED) is 0.254. The van der Waals surface area contributed by atoms with Crippen LogP contribution in [0.4, 0.5) is 0 Å². The first kappa shape index (κ1) is 26.1. The lowest BCUT2D eigenvalue weighted by Crippen LogP contribution is -2.47. The molecule has 0 N–H and O–H groups in total. The van der Waals surface area contributed by atoms with Crippen LogP contribution in [0.1, 0.15) is 33.4 Å². The van der Waals surface area contributed by atoms with E-state index >= 15 is 0 Å². The van der Waals surface area contributed by atoms with Crippen molar-refractivity contribution in [3.63, 3.8) is 0 Å². The zero-order chi connectivity index (χ0) is 26.5. The fraction of sp³-hybridized carbons (Fsp3) is 0.267. The van der Waals surface area contributed by atoms with Crippen LogP contribution in [0.3, 0.4) is 0 Å². The van der Waals surface area contributed by atoms with Crippen LogP contribution >= 0.6 is 22.9 Å². The molecule has 0 fully saturated rings. The summed E-state index contributed by atoms with van der Waals surface area (Å²) in [6.07, 6.45) is 2.57. The van der Waals surface area contributed by atoms with Crippen molar-refractivity contribution < 1.29 is 18.7 Å². The molecule has 38 heavy (non-hydrogen) atoms. The van der Waals surface area contributed by atoms with Crippen LogP contribution in [-0.2, 0) is 29.0 Å². The number of amides is 2. The Morgan fingerprint density at radius 1 is 1.13 bits per heavy atom. The van der Waals surface area contributed by atoms with Crippen LogP contribution in [0, 0.1) is 6.92 Å². The maximum absolute atomic E-state index is 13.8. The number of ether oxygens (including phenoxy) is 1. The van der Waals surface area contributed by atoms with Gasteiger partial charge in [0.25, 0.3) is 0 Å². The number of carbonyl (C=O) groups is 2. The fourth-order valence-electron chi connectivity index (χ4n) is 4.72. The Labute approximate surface area is 231 Å². The number of benzene rings is 2. The van der Waals surface area contributed by atoms with Gasteiger partial charge in [-0.15, -0.1) is 11.3 Å². The molecule has 0 aliphatic carbocycles. The minimum Gasteiger partial charge on any atom is -0.491 e. The second-order valence-corrected chi connectivity index (χ2v) is 10.8. The van der Waals surface area contributed by atoms with Gasteiger partial charge >= 0.3 is 0 Å². The lowest BCUT2D eigenvalue weighted by atomic mass is 10.00. The molecule has 1 atom stereocenters. The SMILES string of the molecule is Cc1cc(OC[C@H]2c3ccsc3CCN2C(=O)CN(Cc2ccco2)C(=O)Cc2ccccc2)ccc1Cl. The van der Waals surface area contributed by atoms with E-state index in [0.717, 1.165) is 23.1 Å². The van der Waals surface area contributed by atoms with Gasteiger partial charge in [0.2, 0.25) is 11.8 Å². The molecule has 4 aromatic rings. The zero-order valence-corrected chi connectivity index (χ0v) is 22.7. The van der Waals surface area contributed by atoms with Crippen LogP contribution in [-0.4, -0.2) is 41.3 Å².